The maximum Gasteiger partial charge on any atom is 0.0317 e. The Kier molecular flexibility index (Phi) is 4.37. The molecule has 0 aliphatic rings. The summed E-state index contributed by atoms with van der Waals surface area (Å²) in [6.07, 6.45) is 1.04. The van der Waals surface area contributed by atoms with Crippen LogP contribution in [-0.2, 0) is 13.0 Å². The first-order valence-electron chi connectivity index (χ1n) is 6.36. The van der Waals surface area contributed by atoms with Gasteiger partial charge in [-0.25, -0.2) is 0 Å². The predicted molar refractivity (Wildman–Crippen MR) is 77.3 cm³/mol. The molecule has 18 heavy (non-hydrogen) atoms. The molecule has 0 amide bonds. The van der Waals surface area contributed by atoms with Crippen LogP contribution in [0.4, 0.5) is 5.69 Å². The van der Waals surface area contributed by atoms with Crippen molar-refractivity contribution in [1.82, 2.24) is 5.32 Å². The Balaban J connectivity index is 1.83. The van der Waals surface area contributed by atoms with Crippen molar-refractivity contribution in [3.8, 4) is 0 Å². The number of nitrogen functional groups attached to an aromatic ring is 1. The zero-order valence-electron chi connectivity index (χ0n) is 10.8. The molecule has 0 unspecified atom stereocenters. The van der Waals surface area contributed by atoms with Gasteiger partial charge in [0.15, 0.2) is 0 Å². The molecule has 0 heterocycles. The lowest BCUT2D eigenvalue weighted by Gasteiger charge is -2.14. The van der Waals surface area contributed by atoms with Crippen LogP contribution >= 0.6 is 0 Å². The zero-order chi connectivity index (χ0) is 12.8. The van der Waals surface area contributed by atoms with Gasteiger partial charge < -0.3 is 11.1 Å². The van der Waals surface area contributed by atoms with E-state index in [9.17, 15) is 0 Å². The second-order valence-electron chi connectivity index (χ2n) is 4.72. The molecule has 2 aromatic carbocycles. The Bertz CT molecular complexity index is 479. The highest BCUT2D eigenvalue weighted by molar-refractivity contribution is 5.40. The highest BCUT2D eigenvalue weighted by atomic mass is 14.9. The number of benzene rings is 2. The average Bonchev–Trinajstić information content (AvgIpc) is 2.38. The average molecular weight is 240 g/mol. The van der Waals surface area contributed by atoms with Crippen molar-refractivity contribution < 1.29 is 0 Å². The van der Waals surface area contributed by atoms with E-state index in [0.29, 0.717) is 6.04 Å². The van der Waals surface area contributed by atoms with Gasteiger partial charge in [0.1, 0.15) is 0 Å². The van der Waals surface area contributed by atoms with Crippen molar-refractivity contribution in [2.24, 2.45) is 0 Å². The summed E-state index contributed by atoms with van der Waals surface area (Å²) in [5.74, 6) is 0. The molecule has 2 rings (SSSR count). The zero-order valence-corrected chi connectivity index (χ0v) is 10.8. The monoisotopic (exact) mass is 240 g/mol. The highest BCUT2D eigenvalue weighted by Crippen LogP contribution is 2.07. The summed E-state index contributed by atoms with van der Waals surface area (Å²) < 4.78 is 0. The number of nitrogens with one attached hydrogen (secondary N) is 1. The fourth-order valence-electron chi connectivity index (χ4n) is 2.03. The predicted octanol–water partition coefficient (Wildman–Crippen LogP) is 2.99. The third-order valence-electron chi connectivity index (χ3n) is 2.99. The van der Waals surface area contributed by atoms with Gasteiger partial charge in [0.05, 0.1) is 0 Å². The van der Waals surface area contributed by atoms with Gasteiger partial charge in [-0.15, -0.1) is 0 Å². The Hall–Kier alpha value is -1.80. The van der Waals surface area contributed by atoms with E-state index in [1.807, 2.05) is 24.3 Å². The minimum absolute atomic E-state index is 0.453. The molecule has 0 spiro atoms. The lowest BCUT2D eigenvalue weighted by atomic mass is 10.1. The van der Waals surface area contributed by atoms with Gasteiger partial charge >= 0.3 is 0 Å². The summed E-state index contributed by atoms with van der Waals surface area (Å²) in [5.41, 5.74) is 9.18. The number of hydrogen-bond acceptors (Lipinski definition) is 2. The molecule has 0 saturated carbocycles. The molecule has 94 valence electrons. The minimum atomic E-state index is 0.453. The molecule has 1 atom stereocenters. The van der Waals surface area contributed by atoms with Gasteiger partial charge in [0, 0.05) is 18.3 Å². The summed E-state index contributed by atoms with van der Waals surface area (Å²) in [6.45, 7) is 3.07. The summed E-state index contributed by atoms with van der Waals surface area (Å²) in [5, 5.41) is 3.52. The van der Waals surface area contributed by atoms with Crippen molar-refractivity contribution in [1.29, 1.82) is 0 Å². The van der Waals surface area contributed by atoms with Crippen molar-refractivity contribution in [3.63, 3.8) is 0 Å². The van der Waals surface area contributed by atoms with E-state index in [-0.39, 0.29) is 0 Å². The first-order chi connectivity index (χ1) is 8.74. The fraction of sp³-hybridized carbons (Fsp3) is 0.250. The maximum absolute atomic E-state index is 5.76. The van der Waals surface area contributed by atoms with E-state index >= 15 is 0 Å². The molecule has 2 heteroatoms. The van der Waals surface area contributed by atoms with Crippen LogP contribution in [0.1, 0.15) is 18.1 Å². The molecular formula is C16H20N2. The normalized spacial score (nSPS) is 12.3. The number of nitrogens with two attached hydrogens (primary N) is 1. The SMILES string of the molecule is C[C@H](Cc1ccccc1)NCc1cccc(N)c1. The third kappa shape index (κ3) is 3.90. The quantitative estimate of drug-likeness (QED) is 0.788. The largest absolute Gasteiger partial charge is 0.399 e. The molecule has 0 aromatic heterocycles. The van der Waals surface area contributed by atoms with Crippen LogP contribution in [-0.4, -0.2) is 6.04 Å². The van der Waals surface area contributed by atoms with Gasteiger partial charge in [-0.1, -0.05) is 42.5 Å². The van der Waals surface area contributed by atoms with Crippen LogP contribution in [0.3, 0.4) is 0 Å². The second-order valence-corrected chi connectivity index (χ2v) is 4.72. The molecule has 2 nitrogen and oxygen atoms in total. The Morgan fingerprint density at radius 2 is 1.72 bits per heavy atom. The Morgan fingerprint density at radius 1 is 1.00 bits per heavy atom. The molecule has 0 saturated heterocycles. The van der Waals surface area contributed by atoms with Gasteiger partial charge in [0.25, 0.3) is 0 Å². The van der Waals surface area contributed by atoms with Crippen molar-refractivity contribution in [3.05, 3.63) is 65.7 Å². The molecule has 0 aliphatic carbocycles. The van der Waals surface area contributed by atoms with E-state index in [4.69, 9.17) is 5.73 Å². The summed E-state index contributed by atoms with van der Waals surface area (Å²) in [4.78, 5) is 0. The van der Waals surface area contributed by atoms with Gasteiger partial charge in [0.2, 0.25) is 0 Å². The number of rotatable bonds is 5. The lowest BCUT2D eigenvalue weighted by molar-refractivity contribution is 0.545. The minimum Gasteiger partial charge on any atom is -0.399 e. The first-order valence-corrected chi connectivity index (χ1v) is 6.36. The lowest BCUT2D eigenvalue weighted by Crippen LogP contribution is -2.27. The summed E-state index contributed by atoms with van der Waals surface area (Å²) in [7, 11) is 0. The van der Waals surface area contributed by atoms with E-state index in [2.05, 4.69) is 42.6 Å². The van der Waals surface area contributed by atoms with Crippen LogP contribution in [0.25, 0.3) is 0 Å². The molecule has 3 N–H and O–H groups in total. The van der Waals surface area contributed by atoms with E-state index in [0.717, 1.165) is 18.7 Å². The Labute approximate surface area is 109 Å². The van der Waals surface area contributed by atoms with Gasteiger partial charge in [-0.3, -0.25) is 0 Å². The standard InChI is InChI=1S/C16H20N2/c1-13(10-14-6-3-2-4-7-14)18-12-15-8-5-9-16(17)11-15/h2-9,11,13,18H,10,12,17H2,1H3/t13-/m1/s1. The molecule has 0 fully saturated rings. The molecule has 0 radical (unpaired) electrons. The third-order valence-corrected chi connectivity index (χ3v) is 2.99. The summed E-state index contributed by atoms with van der Waals surface area (Å²) >= 11 is 0. The Morgan fingerprint density at radius 3 is 2.44 bits per heavy atom. The smallest absolute Gasteiger partial charge is 0.0317 e. The summed E-state index contributed by atoms with van der Waals surface area (Å²) in [6, 6.07) is 19.0. The van der Waals surface area contributed by atoms with Crippen LogP contribution in [0.2, 0.25) is 0 Å². The second kappa shape index (κ2) is 6.22. The van der Waals surface area contributed by atoms with Crippen molar-refractivity contribution in [2.75, 3.05) is 5.73 Å². The van der Waals surface area contributed by atoms with Crippen LogP contribution < -0.4 is 11.1 Å². The van der Waals surface area contributed by atoms with Crippen molar-refractivity contribution >= 4 is 5.69 Å². The van der Waals surface area contributed by atoms with Crippen LogP contribution in [0, 0.1) is 0 Å². The van der Waals surface area contributed by atoms with E-state index in [1.165, 1.54) is 11.1 Å². The van der Waals surface area contributed by atoms with Crippen LogP contribution in [0.5, 0.6) is 0 Å². The van der Waals surface area contributed by atoms with Crippen LogP contribution in [0.15, 0.2) is 54.6 Å². The van der Waals surface area contributed by atoms with Gasteiger partial charge in [-0.05, 0) is 36.6 Å². The molecule has 0 aliphatic heterocycles. The van der Waals surface area contributed by atoms with E-state index in [1.54, 1.807) is 0 Å². The van der Waals surface area contributed by atoms with Gasteiger partial charge in [-0.2, -0.15) is 0 Å². The number of anilines is 1. The molecule has 0 bridgehead atoms. The first kappa shape index (κ1) is 12.7. The number of hydrogen-bond donors (Lipinski definition) is 2. The van der Waals surface area contributed by atoms with E-state index < -0.39 is 0 Å². The molecular weight excluding hydrogens is 220 g/mol. The topological polar surface area (TPSA) is 38.0 Å². The highest BCUT2D eigenvalue weighted by Gasteiger charge is 2.02. The fourth-order valence-corrected chi connectivity index (χ4v) is 2.03. The molecule has 2 aromatic rings. The maximum atomic E-state index is 5.76. The van der Waals surface area contributed by atoms with Crippen molar-refractivity contribution in [2.45, 2.75) is 25.9 Å².